The Morgan fingerprint density at radius 2 is 2.27 bits per heavy atom. The van der Waals surface area contributed by atoms with E-state index in [1.807, 2.05) is 0 Å². The van der Waals surface area contributed by atoms with Gasteiger partial charge in [-0.05, 0) is 12.2 Å². The van der Waals surface area contributed by atoms with Crippen LogP contribution in [0.2, 0.25) is 0 Å². The van der Waals surface area contributed by atoms with Crippen LogP contribution in [0.3, 0.4) is 0 Å². The van der Waals surface area contributed by atoms with E-state index in [0.29, 0.717) is 0 Å². The van der Waals surface area contributed by atoms with Crippen LogP contribution in [0.25, 0.3) is 0 Å². The number of hydroxylamine groups is 2. The second kappa shape index (κ2) is 2.79. The van der Waals surface area contributed by atoms with Crippen molar-refractivity contribution in [2.45, 2.75) is 6.17 Å². The van der Waals surface area contributed by atoms with Gasteiger partial charge in [-0.15, -0.1) is 0 Å². The third kappa shape index (κ3) is 1.61. The zero-order valence-corrected chi connectivity index (χ0v) is 5.56. The Bertz CT molecular complexity index is 211. The van der Waals surface area contributed by atoms with Crippen molar-refractivity contribution in [2.75, 3.05) is 0 Å². The number of rotatable bonds is 1. The van der Waals surface area contributed by atoms with Gasteiger partial charge in [-0.25, -0.2) is 0 Å². The standard InChI is InChI=1S/C5H8N3O3/c6-5-3(8(10)11)1-2-4(9)7-5/h1-2,5,7,9-10H,6H2/q-1. The van der Waals surface area contributed by atoms with Gasteiger partial charge in [-0.1, -0.05) is 0 Å². The summed E-state index contributed by atoms with van der Waals surface area (Å²) in [5, 5.41) is 29.5. The van der Waals surface area contributed by atoms with Crippen LogP contribution < -0.4 is 11.1 Å². The van der Waals surface area contributed by atoms with Crippen molar-refractivity contribution >= 4 is 0 Å². The summed E-state index contributed by atoms with van der Waals surface area (Å²) < 4.78 is 0. The third-order valence-corrected chi connectivity index (χ3v) is 1.25. The maximum absolute atomic E-state index is 10.3. The molecule has 0 spiro atoms. The fourth-order valence-electron chi connectivity index (χ4n) is 0.732. The summed E-state index contributed by atoms with van der Waals surface area (Å²) in [6, 6.07) is 0. The second-order valence-corrected chi connectivity index (χ2v) is 2.04. The van der Waals surface area contributed by atoms with Gasteiger partial charge >= 0.3 is 0 Å². The van der Waals surface area contributed by atoms with Crippen LogP contribution in [-0.4, -0.2) is 21.7 Å². The van der Waals surface area contributed by atoms with E-state index in [9.17, 15) is 5.21 Å². The first-order valence-electron chi connectivity index (χ1n) is 2.90. The molecule has 1 aliphatic rings. The smallest absolute Gasteiger partial charge is 0.185 e. The highest BCUT2D eigenvalue weighted by Gasteiger charge is 2.13. The lowest BCUT2D eigenvalue weighted by Crippen LogP contribution is -2.44. The van der Waals surface area contributed by atoms with Crippen molar-refractivity contribution in [2.24, 2.45) is 5.73 Å². The molecule has 5 N–H and O–H groups in total. The van der Waals surface area contributed by atoms with Crippen LogP contribution in [0.5, 0.6) is 0 Å². The van der Waals surface area contributed by atoms with Gasteiger partial charge in [-0.3, -0.25) is 5.21 Å². The largest absolute Gasteiger partial charge is 0.734 e. The minimum absolute atomic E-state index is 0.0530. The molecular weight excluding hydrogens is 150 g/mol. The average molecular weight is 158 g/mol. The predicted molar refractivity (Wildman–Crippen MR) is 36.9 cm³/mol. The molecule has 0 saturated heterocycles. The minimum Gasteiger partial charge on any atom is -0.734 e. The van der Waals surface area contributed by atoms with Gasteiger partial charge in [0.05, 0.1) is 5.70 Å². The molecule has 62 valence electrons. The Balaban J connectivity index is 2.78. The Morgan fingerprint density at radius 1 is 1.64 bits per heavy atom. The molecule has 0 aromatic heterocycles. The fourth-order valence-corrected chi connectivity index (χ4v) is 0.732. The molecule has 0 saturated carbocycles. The highest BCUT2D eigenvalue weighted by atomic mass is 16.8. The summed E-state index contributed by atoms with van der Waals surface area (Å²) >= 11 is 0. The van der Waals surface area contributed by atoms with E-state index in [2.05, 4.69) is 5.32 Å². The second-order valence-electron chi connectivity index (χ2n) is 2.04. The van der Waals surface area contributed by atoms with Crippen LogP contribution in [-0.2, 0) is 0 Å². The molecule has 1 atom stereocenters. The Morgan fingerprint density at radius 3 is 2.73 bits per heavy atom. The molecule has 0 amide bonds. The van der Waals surface area contributed by atoms with E-state index in [0.717, 1.165) is 0 Å². The zero-order chi connectivity index (χ0) is 8.43. The average Bonchev–Trinajstić information content (AvgIpc) is 1.85. The van der Waals surface area contributed by atoms with E-state index >= 15 is 0 Å². The van der Waals surface area contributed by atoms with Crippen LogP contribution in [0, 0.1) is 5.21 Å². The number of hydrogen-bond donors (Lipinski definition) is 4. The minimum atomic E-state index is -0.873. The van der Waals surface area contributed by atoms with E-state index in [-0.39, 0.29) is 16.8 Å². The van der Waals surface area contributed by atoms with Crippen molar-refractivity contribution < 1.29 is 10.3 Å². The van der Waals surface area contributed by atoms with Gasteiger partial charge < -0.3 is 26.6 Å². The van der Waals surface area contributed by atoms with Crippen molar-refractivity contribution in [3.05, 3.63) is 28.9 Å². The lowest BCUT2D eigenvalue weighted by atomic mass is 10.2. The van der Waals surface area contributed by atoms with Gasteiger partial charge in [0.2, 0.25) is 0 Å². The van der Waals surface area contributed by atoms with Gasteiger partial charge in [0.1, 0.15) is 6.17 Å². The monoisotopic (exact) mass is 158 g/mol. The van der Waals surface area contributed by atoms with Crippen LogP contribution in [0.15, 0.2) is 23.7 Å². The number of hydrogen-bond acceptors (Lipinski definition) is 6. The summed E-state index contributed by atoms with van der Waals surface area (Å²) in [6.07, 6.45) is 1.58. The Hall–Kier alpha value is -1.24. The first-order valence-corrected chi connectivity index (χ1v) is 2.90. The number of nitrogens with zero attached hydrogens (tertiary/aromatic N) is 1. The number of dihydropyridines is 1. The van der Waals surface area contributed by atoms with Crippen molar-refractivity contribution in [1.82, 2.24) is 10.5 Å². The molecule has 0 aromatic carbocycles. The maximum Gasteiger partial charge on any atom is 0.185 e. The summed E-state index contributed by atoms with van der Waals surface area (Å²) in [7, 11) is 0. The predicted octanol–water partition coefficient (Wildman–Crippen LogP) is -0.653. The molecule has 0 aromatic rings. The van der Waals surface area contributed by atoms with E-state index in [1.54, 1.807) is 0 Å². The molecule has 11 heavy (non-hydrogen) atoms. The normalized spacial score (nSPS) is 23.4. The molecule has 6 nitrogen and oxygen atoms in total. The van der Waals surface area contributed by atoms with Crippen molar-refractivity contribution in [3.8, 4) is 0 Å². The molecule has 6 heteroatoms. The molecule has 0 fully saturated rings. The molecule has 1 aliphatic heterocycles. The summed E-state index contributed by atoms with van der Waals surface area (Å²) in [5.74, 6) is -0.136. The first kappa shape index (κ1) is 7.86. The van der Waals surface area contributed by atoms with Gasteiger partial charge in [0.15, 0.2) is 5.88 Å². The molecule has 1 heterocycles. The lowest BCUT2D eigenvalue weighted by Gasteiger charge is -2.31. The lowest BCUT2D eigenvalue weighted by molar-refractivity contribution is -0.0119. The number of allylic oxidation sites excluding steroid dienone is 2. The maximum atomic E-state index is 10.3. The topological polar surface area (TPSA) is 105 Å². The van der Waals surface area contributed by atoms with Crippen LogP contribution in [0.1, 0.15) is 0 Å². The zero-order valence-electron chi connectivity index (χ0n) is 5.56. The van der Waals surface area contributed by atoms with E-state index in [4.69, 9.17) is 16.0 Å². The molecular formula is C5H8N3O3-. The quantitative estimate of drug-likeness (QED) is 0.378. The molecule has 0 aliphatic carbocycles. The van der Waals surface area contributed by atoms with Gasteiger partial charge in [0.25, 0.3) is 0 Å². The van der Waals surface area contributed by atoms with Gasteiger partial charge in [-0.2, -0.15) is 0 Å². The summed E-state index contributed by atoms with van der Waals surface area (Å²) in [5.41, 5.74) is 5.24. The fraction of sp³-hybridized carbons (Fsp3) is 0.200. The SMILES string of the molecule is NC1NC(O)=CC=C1N([O-])O. The first-order chi connectivity index (χ1) is 5.11. The Labute approximate surface area is 62.8 Å². The molecule has 0 radical (unpaired) electrons. The van der Waals surface area contributed by atoms with Crippen molar-refractivity contribution in [1.29, 1.82) is 0 Å². The molecule has 1 rings (SSSR count). The van der Waals surface area contributed by atoms with Crippen molar-refractivity contribution in [3.63, 3.8) is 0 Å². The van der Waals surface area contributed by atoms with Crippen LogP contribution >= 0.6 is 0 Å². The van der Waals surface area contributed by atoms with E-state index < -0.39 is 6.17 Å². The number of nitrogens with one attached hydrogen (secondary N) is 1. The number of nitrogens with two attached hydrogens (primary N) is 1. The highest BCUT2D eigenvalue weighted by molar-refractivity contribution is 5.22. The third-order valence-electron chi connectivity index (χ3n) is 1.25. The van der Waals surface area contributed by atoms with Crippen LogP contribution in [0.4, 0.5) is 0 Å². The Kier molecular flexibility index (Phi) is 1.99. The van der Waals surface area contributed by atoms with E-state index in [1.165, 1.54) is 12.2 Å². The molecule has 0 bridgehead atoms. The summed E-state index contributed by atoms with van der Waals surface area (Å²) in [6.45, 7) is 0. The molecule has 1 unspecified atom stereocenters. The number of aliphatic hydroxyl groups excluding tert-OH is 1. The number of aliphatic hydroxyl groups is 1. The highest BCUT2D eigenvalue weighted by Crippen LogP contribution is 2.08. The summed E-state index contributed by atoms with van der Waals surface area (Å²) in [4.78, 5) is 0. The van der Waals surface area contributed by atoms with Gasteiger partial charge in [0, 0.05) is 0 Å².